The zero-order valence-corrected chi connectivity index (χ0v) is 47.4. The van der Waals surface area contributed by atoms with Gasteiger partial charge in [-0.05, 0) is 201 Å². The summed E-state index contributed by atoms with van der Waals surface area (Å²) in [5.74, 6) is 4.01. The smallest absolute Gasteiger partial charge is 0.150 e. The number of allylic oxidation sites excluding steroid dienone is 6. The van der Waals surface area contributed by atoms with Gasteiger partial charge in [0.05, 0.1) is 0 Å². The molecule has 0 unspecified atom stereocenters. The topological polar surface area (TPSA) is 105 Å². The Labute approximate surface area is 465 Å². The van der Waals surface area contributed by atoms with Crippen molar-refractivity contribution in [1.82, 2.24) is 0 Å². The van der Waals surface area contributed by atoms with Crippen molar-refractivity contribution >= 4 is 39.7 Å². The Morgan fingerprint density at radius 3 is 1.09 bits per heavy atom. The number of carbonyl (C=O) groups excluding carboxylic acids is 1. The van der Waals surface area contributed by atoms with Crippen molar-refractivity contribution in [2.24, 2.45) is 0 Å². The average Bonchev–Trinajstić information content (AvgIpc) is 3.49. The number of hydrogen-bond acceptors (Lipinski definition) is 7. The highest BCUT2D eigenvalue weighted by Gasteiger charge is 2.20. The molecule has 7 aromatic carbocycles. The van der Waals surface area contributed by atoms with E-state index in [2.05, 4.69) is 118 Å². The molecular formula is C71H80O7. The van der Waals surface area contributed by atoms with Crippen molar-refractivity contribution in [2.75, 3.05) is 13.2 Å². The molecule has 3 N–H and O–H groups in total. The molecule has 0 fully saturated rings. The second kappa shape index (κ2) is 30.5. The lowest BCUT2D eigenvalue weighted by Crippen LogP contribution is -2.11. The fourth-order valence-corrected chi connectivity index (χ4v) is 9.53. The first-order valence-electron chi connectivity index (χ1n) is 27.3. The first-order valence-corrected chi connectivity index (χ1v) is 27.3. The molecule has 7 heteroatoms. The molecule has 7 nitrogen and oxygen atoms in total. The largest absolute Gasteiger partial charge is 0.508 e. The molecule has 0 radical (unpaired) electrons. The van der Waals surface area contributed by atoms with E-state index in [0.29, 0.717) is 30.3 Å². The molecule has 0 amide bonds. The number of phenolic OH excluding ortho intramolecular Hbond substituents is 3. The van der Waals surface area contributed by atoms with Crippen molar-refractivity contribution in [3.8, 4) is 40.2 Å². The normalized spacial score (nSPS) is 12.0. The van der Waals surface area contributed by atoms with Gasteiger partial charge < -0.3 is 29.5 Å². The molecule has 406 valence electrons. The Hall–Kier alpha value is -8.29. The van der Waals surface area contributed by atoms with Gasteiger partial charge in [0.15, 0.2) is 0 Å². The highest BCUT2D eigenvalue weighted by Crippen LogP contribution is 2.39. The van der Waals surface area contributed by atoms with Crippen molar-refractivity contribution in [1.29, 1.82) is 0 Å². The molecule has 0 saturated carbocycles. The second-order valence-electron chi connectivity index (χ2n) is 19.6. The lowest BCUT2D eigenvalue weighted by Gasteiger charge is -2.22. The molecule has 0 aromatic heterocycles. The minimum atomic E-state index is -0.107. The van der Waals surface area contributed by atoms with Gasteiger partial charge in [0.25, 0.3) is 0 Å². The number of benzene rings is 7. The van der Waals surface area contributed by atoms with Crippen molar-refractivity contribution in [3.05, 3.63) is 234 Å². The van der Waals surface area contributed by atoms with Gasteiger partial charge in [-0.15, -0.1) is 0 Å². The fourth-order valence-electron chi connectivity index (χ4n) is 9.53. The molecule has 7 aromatic rings. The van der Waals surface area contributed by atoms with Gasteiger partial charge in [-0.1, -0.05) is 166 Å². The zero-order valence-electron chi connectivity index (χ0n) is 47.4. The number of rotatable bonds is 21. The van der Waals surface area contributed by atoms with Crippen molar-refractivity contribution < 1.29 is 34.3 Å². The monoisotopic (exact) mass is 1040 g/mol. The molecule has 0 bridgehead atoms. The van der Waals surface area contributed by atoms with Gasteiger partial charge in [0, 0.05) is 5.56 Å². The number of phenols is 3. The summed E-state index contributed by atoms with van der Waals surface area (Å²) >= 11 is 0. The number of ether oxygens (including phenoxy) is 3. The summed E-state index contributed by atoms with van der Waals surface area (Å²) in [4.78, 5) is 10.9. The molecule has 0 atom stereocenters. The van der Waals surface area contributed by atoms with Gasteiger partial charge >= 0.3 is 0 Å². The van der Waals surface area contributed by atoms with Crippen LogP contribution in [0, 0.1) is 0 Å². The summed E-state index contributed by atoms with van der Waals surface area (Å²) in [5, 5.41) is 29.3. The maximum absolute atomic E-state index is 10.9. The summed E-state index contributed by atoms with van der Waals surface area (Å²) in [6.45, 7) is 27.8. The summed E-state index contributed by atoms with van der Waals surface area (Å²) in [6, 6.07) is 52.4. The molecule has 0 saturated heterocycles. The minimum absolute atomic E-state index is 0.107. The van der Waals surface area contributed by atoms with Crippen molar-refractivity contribution in [2.45, 2.75) is 106 Å². The summed E-state index contributed by atoms with van der Waals surface area (Å²) < 4.78 is 17.0. The van der Waals surface area contributed by atoms with Gasteiger partial charge in [-0.2, -0.15) is 0 Å². The third-order valence-electron chi connectivity index (χ3n) is 13.4. The lowest BCUT2D eigenvalue weighted by molar-refractivity contribution is 0.112. The highest BCUT2D eigenvalue weighted by molar-refractivity contribution is 5.93. The van der Waals surface area contributed by atoms with Crippen LogP contribution < -0.4 is 14.2 Å². The third kappa shape index (κ3) is 17.1. The summed E-state index contributed by atoms with van der Waals surface area (Å²) in [6.07, 6.45) is 9.92. The first-order chi connectivity index (χ1) is 37.6. The van der Waals surface area contributed by atoms with E-state index in [1.165, 1.54) is 44.6 Å². The van der Waals surface area contributed by atoms with Crippen LogP contribution in [0.1, 0.15) is 150 Å². The van der Waals surface area contributed by atoms with E-state index >= 15 is 0 Å². The molecule has 7 rings (SSSR count). The molecule has 0 aliphatic rings. The van der Waals surface area contributed by atoms with Crippen LogP contribution in [0.25, 0.3) is 33.4 Å². The molecule has 78 heavy (non-hydrogen) atoms. The van der Waals surface area contributed by atoms with Crippen LogP contribution in [0.3, 0.4) is 0 Å². The van der Waals surface area contributed by atoms with Crippen LogP contribution >= 0.6 is 0 Å². The maximum atomic E-state index is 10.9. The Kier molecular flexibility index (Phi) is 23.6. The SMILES string of the molecule is C=CCOc1ccc(/C(CC)=C(\CC)c2ccc(OCC=C)cc2)cc1.CC/C(=C(/CC)c1ccc(O)c(C(C)(C)C)c1)c1ccc(O)cc1.CC/C(=C(/CC)c1ccc(Oc2cccc(C=O)c2)cc1)c1ccc(O)cc1. The molecule has 0 aliphatic carbocycles. The molecule has 0 aliphatic heterocycles. The third-order valence-corrected chi connectivity index (χ3v) is 13.4. The van der Waals surface area contributed by atoms with Crippen LogP contribution in [-0.2, 0) is 5.41 Å². The molecular weight excluding hydrogens is 965 g/mol. The number of carbonyl (C=O) groups is 1. The summed E-state index contributed by atoms with van der Waals surface area (Å²) in [5.41, 5.74) is 16.3. The van der Waals surface area contributed by atoms with E-state index < -0.39 is 0 Å². The van der Waals surface area contributed by atoms with Crippen LogP contribution in [0.15, 0.2) is 189 Å². The Bertz CT molecular complexity index is 3050. The van der Waals surface area contributed by atoms with E-state index in [0.717, 1.165) is 89.9 Å². The standard InChI is InChI=1S/C25H24O3.C24H28O2.C22H28O2/c1-3-24(19-8-12-21(27)13-9-19)25(4-2)20-10-14-22(15-11-20)28-23-7-5-6-18(16-23)17-26;1-5-17-25-21-13-9-19(10-14-21)23(7-3)24(8-4)20-11-15-22(16-12-20)26-18-6-2;1-6-18(15-8-11-17(23)12-9-15)19(7-2)16-10-13-21(24)20(14-16)22(3,4)5/h5-17,27H,3-4H2,1-2H3;5-6,9-16H,1-2,7-8,17-18H2,3-4H3;8-14,23-24H,6-7H2,1-5H3/b25-24+;24-23+;19-18+. The Morgan fingerprint density at radius 1 is 0.423 bits per heavy atom. The van der Waals surface area contributed by atoms with Gasteiger partial charge in [0.2, 0.25) is 0 Å². The highest BCUT2D eigenvalue weighted by atomic mass is 16.5. The van der Waals surface area contributed by atoms with Gasteiger partial charge in [-0.3, -0.25) is 4.79 Å². The van der Waals surface area contributed by atoms with Gasteiger partial charge in [-0.25, -0.2) is 0 Å². The van der Waals surface area contributed by atoms with Crippen LogP contribution in [0.5, 0.6) is 40.2 Å². The van der Waals surface area contributed by atoms with Gasteiger partial charge in [0.1, 0.15) is 59.7 Å². The average molecular weight is 1050 g/mol. The van der Waals surface area contributed by atoms with Crippen molar-refractivity contribution in [3.63, 3.8) is 0 Å². The predicted octanol–water partition coefficient (Wildman–Crippen LogP) is 19.4. The molecule has 0 spiro atoms. The second-order valence-corrected chi connectivity index (χ2v) is 19.6. The van der Waals surface area contributed by atoms with E-state index in [-0.39, 0.29) is 16.9 Å². The number of hydrogen-bond donors (Lipinski definition) is 3. The number of aldehydes is 1. The Balaban J connectivity index is 0.000000216. The van der Waals surface area contributed by atoms with E-state index in [1.54, 1.807) is 60.7 Å². The van der Waals surface area contributed by atoms with E-state index in [9.17, 15) is 20.1 Å². The minimum Gasteiger partial charge on any atom is -0.508 e. The maximum Gasteiger partial charge on any atom is 0.150 e. The number of aromatic hydroxyl groups is 3. The van der Waals surface area contributed by atoms with E-state index in [1.807, 2.05) is 72.8 Å². The lowest BCUT2D eigenvalue weighted by atomic mass is 9.83. The van der Waals surface area contributed by atoms with E-state index in [4.69, 9.17) is 14.2 Å². The molecule has 0 heterocycles. The van der Waals surface area contributed by atoms with Crippen LogP contribution in [0.2, 0.25) is 0 Å². The van der Waals surface area contributed by atoms with Crippen LogP contribution in [-0.4, -0.2) is 34.8 Å². The summed E-state index contributed by atoms with van der Waals surface area (Å²) in [7, 11) is 0. The zero-order chi connectivity index (χ0) is 56.6. The first kappa shape index (κ1) is 60.6. The quantitative estimate of drug-likeness (QED) is 0.0374. The Morgan fingerprint density at radius 2 is 0.756 bits per heavy atom. The predicted molar refractivity (Wildman–Crippen MR) is 328 cm³/mol. The fraction of sp³-hybridized carbons (Fsp3) is 0.254. The van der Waals surface area contributed by atoms with Crippen LogP contribution in [0.4, 0.5) is 0 Å².